The third kappa shape index (κ3) is 5.50. The molecule has 1 fully saturated rings. The minimum Gasteiger partial charge on any atom is -0.383 e. The van der Waals surface area contributed by atoms with E-state index in [1.165, 1.54) is 12.8 Å². The molecule has 1 atom stereocenters. The number of methoxy groups -OCH3 is 1. The summed E-state index contributed by atoms with van der Waals surface area (Å²) in [6.45, 7) is 9.76. The summed E-state index contributed by atoms with van der Waals surface area (Å²) < 4.78 is 5.09. The second kappa shape index (κ2) is 7.20. The molecule has 0 saturated heterocycles. The topological polar surface area (TPSA) is 24.5 Å². The van der Waals surface area contributed by atoms with Crippen LogP contribution in [-0.2, 0) is 4.74 Å². The molecular formula is C12H26N2O. The van der Waals surface area contributed by atoms with Gasteiger partial charge in [-0.05, 0) is 32.2 Å². The number of ether oxygens (including phenoxy) is 1. The third-order valence-corrected chi connectivity index (χ3v) is 3.28. The highest BCUT2D eigenvalue weighted by atomic mass is 16.5. The van der Waals surface area contributed by atoms with Gasteiger partial charge in [-0.2, -0.15) is 0 Å². The molecule has 90 valence electrons. The van der Waals surface area contributed by atoms with Crippen molar-refractivity contribution in [3.8, 4) is 0 Å². The van der Waals surface area contributed by atoms with Crippen LogP contribution in [0.1, 0.15) is 26.7 Å². The van der Waals surface area contributed by atoms with E-state index in [0.29, 0.717) is 6.04 Å². The Labute approximate surface area is 94.2 Å². The first-order valence-electron chi connectivity index (χ1n) is 6.22. The van der Waals surface area contributed by atoms with Crippen molar-refractivity contribution in [2.24, 2.45) is 5.92 Å². The lowest BCUT2D eigenvalue weighted by Gasteiger charge is -2.21. The zero-order chi connectivity index (χ0) is 11.1. The summed E-state index contributed by atoms with van der Waals surface area (Å²) in [6.07, 6.45) is 2.85. The summed E-state index contributed by atoms with van der Waals surface area (Å²) in [5.41, 5.74) is 0. The second-order valence-electron chi connectivity index (χ2n) is 4.51. The van der Waals surface area contributed by atoms with Crippen LogP contribution in [0.2, 0.25) is 0 Å². The molecule has 1 aliphatic rings. The first-order chi connectivity index (χ1) is 7.27. The molecule has 0 amide bonds. The van der Waals surface area contributed by atoms with E-state index < -0.39 is 0 Å². The molecule has 15 heavy (non-hydrogen) atoms. The molecule has 1 saturated carbocycles. The minimum atomic E-state index is 0.714. The summed E-state index contributed by atoms with van der Waals surface area (Å²) >= 11 is 0. The fraction of sp³-hybridized carbons (Fsp3) is 1.00. The van der Waals surface area contributed by atoms with Crippen LogP contribution < -0.4 is 5.32 Å². The SMILES string of the molecule is CCN(CCNC(C)C1CC1)CCOC. The van der Waals surface area contributed by atoms with Crippen molar-refractivity contribution in [1.82, 2.24) is 10.2 Å². The third-order valence-electron chi connectivity index (χ3n) is 3.28. The van der Waals surface area contributed by atoms with Gasteiger partial charge in [-0.15, -0.1) is 0 Å². The quantitative estimate of drug-likeness (QED) is 0.627. The van der Waals surface area contributed by atoms with Gasteiger partial charge in [-0.25, -0.2) is 0 Å². The molecule has 0 spiro atoms. The number of hydrogen-bond donors (Lipinski definition) is 1. The van der Waals surface area contributed by atoms with Crippen LogP contribution in [-0.4, -0.2) is 50.8 Å². The smallest absolute Gasteiger partial charge is 0.0589 e. The van der Waals surface area contributed by atoms with Crippen LogP contribution in [0.4, 0.5) is 0 Å². The number of nitrogens with one attached hydrogen (secondary N) is 1. The lowest BCUT2D eigenvalue weighted by molar-refractivity contribution is 0.150. The summed E-state index contributed by atoms with van der Waals surface area (Å²) in [7, 11) is 1.77. The first kappa shape index (κ1) is 12.9. The van der Waals surface area contributed by atoms with Crippen molar-refractivity contribution < 1.29 is 4.74 Å². The Kier molecular flexibility index (Phi) is 6.22. The maximum Gasteiger partial charge on any atom is 0.0589 e. The Morgan fingerprint density at radius 1 is 1.40 bits per heavy atom. The van der Waals surface area contributed by atoms with E-state index in [1.54, 1.807) is 7.11 Å². The average Bonchev–Trinajstić information content (AvgIpc) is 3.06. The highest BCUT2D eigenvalue weighted by Crippen LogP contribution is 2.32. The molecule has 3 heteroatoms. The van der Waals surface area contributed by atoms with Crippen LogP contribution in [0, 0.1) is 5.92 Å². The fourth-order valence-corrected chi connectivity index (χ4v) is 1.86. The normalized spacial score (nSPS) is 18.4. The van der Waals surface area contributed by atoms with E-state index in [4.69, 9.17) is 4.74 Å². The summed E-state index contributed by atoms with van der Waals surface area (Å²) in [4.78, 5) is 2.43. The molecule has 1 unspecified atom stereocenters. The van der Waals surface area contributed by atoms with Crippen molar-refractivity contribution in [2.75, 3.05) is 39.9 Å². The summed E-state index contributed by atoms with van der Waals surface area (Å²) in [5.74, 6) is 0.957. The molecule has 3 nitrogen and oxygen atoms in total. The standard InChI is InChI=1S/C12H26N2O/c1-4-14(9-10-15-3)8-7-13-11(2)12-5-6-12/h11-13H,4-10H2,1-3H3. The molecule has 0 aromatic rings. The number of likely N-dealkylation sites (N-methyl/N-ethyl adjacent to an activating group) is 1. The van der Waals surface area contributed by atoms with Gasteiger partial charge in [0.15, 0.2) is 0 Å². The predicted octanol–water partition coefficient (Wildman–Crippen LogP) is 1.34. The van der Waals surface area contributed by atoms with Crippen LogP contribution in [0.15, 0.2) is 0 Å². The maximum absolute atomic E-state index is 5.09. The molecule has 0 radical (unpaired) electrons. The Hall–Kier alpha value is -0.120. The molecule has 0 aromatic carbocycles. The molecular weight excluding hydrogens is 188 g/mol. The number of nitrogens with zero attached hydrogens (tertiary/aromatic N) is 1. The Bertz CT molecular complexity index is 160. The van der Waals surface area contributed by atoms with Gasteiger partial charge >= 0.3 is 0 Å². The van der Waals surface area contributed by atoms with Crippen LogP contribution in [0.3, 0.4) is 0 Å². The minimum absolute atomic E-state index is 0.714. The van der Waals surface area contributed by atoms with Gasteiger partial charge in [0.05, 0.1) is 6.61 Å². The summed E-state index contributed by atoms with van der Waals surface area (Å²) in [6, 6.07) is 0.714. The molecule has 1 N–H and O–H groups in total. The van der Waals surface area contributed by atoms with E-state index in [0.717, 1.165) is 38.7 Å². The zero-order valence-electron chi connectivity index (χ0n) is 10.5. The highest BCUT2D eigenvalue weighted by Gasteiger charge is 2.27. The maximum atomic E-state index is 5.09. The first-order valence-corrected chi connectivity index (χ1v) is 6.22. The van der Waals surface area contributed by atoms with Crippen LogP contribution in [0.5, 0.6) is 0 Å². The fourth-order valence-electron chi connectivity index (χ4n) is 1.86. The lowest BCUT2D eigenvalue weighted by atomic mass is 10.2. The summed E-state index contributed by atoms with van der Waals surface area (Å²) in [5, 5.41) is 3.60. The monoisotopic (exact) mass is 214 g/mol. The Balaban J connectivity index is 1.99. The van der Waals surface area contributed by atoms with E-state index >= 15 is 0 Å². The van der Waals surface area contributed by atoms with E-state index in [2.05, 4.69) is 24.1 Å². The van der Waals surface area contributed by atoms with Crippen LogP contribution >= 0.6 is 0 Å². The van der Waals surface area contributed by atoms with Gasteiger partial charge in [0.25, 0.3) is 0 Å². The van der Waals surface area contributed by atoms with E-state index in [-0.39, 0.29) is 0 Å². The van der Waals surface area contributed by atoms with Gasteiger partial charge in [0.1, 0.15) is 0 Å². The van der Waals surface area contributed by atoms with E-state index in [1.807, 2.05) is 0 Å². The van der Waals surface area contributed by atoms with Gasteiger partial charge in [-0.1, -0.05) is 6.92 Å². The molecule has 0 bridgehead atoms. The largest absolute Gasteiger partial charge is 0.383 e. The Morgan fingerprint density at radius 2 is 2.13 bits per heavy atom. The van der Waals surface area contributed by atoms with Crippen molar-refractivity contribution in [2.45, 2.75) is 32.7 Å². The van der Waals surface area contributed by atoms with E-state index in [9.17, 15) is 0 Å². The molecule has 1 aliphatic carbocycles. The second-order valence-corrected chi connectivity index (χ2v) is 4.51. The highest BCUT2D eigenvalue weighted by molar-refractivity contribution is 4.83. The molecule has 1 rings (SSSR count). The van der Waals surface area contributed by atoms with Gasteiger partial charge in [-0.3, -0.25) is 0 Å². The van der Waals surface area contributed by atoms with Crippen molar-refractivity contribution >= 4 is 0 Å². The van der Waals surface area contributed by atoms with Crippen molar-refractivity contribution in [3.05, 3.63) is 0 Å². The average molecular weight is 214 g/mol. The van der Waals surface area contributed by atoms with Gasteiger partial charge in [0.2, 0.25) is 0 Å². The molecule has 0 aliphatic heterocycles. The molecule has 0 heterocycles. The number of hydrogen-bond acceptors (Lipinski definition) is 3. The predicted molar refractivity (Wildman–Crippen MR) is 64.2 cm³/mol. The molecule has 0 aromatic heterocycles. The van der Waals surface area contributed by atoms with Gasteiger partial charge in [0, 0.05) is 32.8 Å². The van der Waals surface area contributed by atoms with Crippen molar-refractivity contribution in [3.63, 3.8) is 0 Å². The van der Waals surface area contributed by atoms with Gasteiger partial charge < -0.3 is 15.0 Å². The lowest BCUT2D eigenvalue weighted by Crippen LogP contribution is -2.38. The van der Waals surface area contributed by atoms with Crippen LogP contribution in [0.25, 0.3) is 0 Å². The van der Waals surface area contributed by atoms with Crippen molar-refractivity contribution in [1.29, 1.82) is 0 Å². The number of rotatable bonds is 9. The Morgan fingerprint density at radius 3 is 2.67 bits per heavy atom. The zero-order valence-corrected chi connectivity index (χ0v) is 10.5.